The van der Waals surface area contributed by atoms with Crippen LogP contribution in [0.2, 0.25) is 0 Å². The van der Waals surface area contributed by atoms with Crippen molar-refractivity contribution < 1.29 is 4.79 Å². The monoisotopic (exact) mass is 195 g/mol. The van der Waals surface area contributed by atoms with E-state index in [1.807, 2.05) is 11.0 Å². The molecule has 0 atom stereocenters. The van der Waals surface area contributed by atoms with Gasteiger partial charge in [-0.3, -0.25) is 0 Å². The molecule has 0 saturated carbocycles. The van der Waals surface area contributed by atoms with Gasteiger partial charge in [0, 0.05) is 20.1 Å². The molecule has 0 aromatic heterocycles. The standard InChI is InChI=1S/C10H17N3O/c1-12(9-6-11)10(14)13-7-4-2-3-5-8-13/h2-5,7-9H2,1H3. The molecule has 0 aromatic rings. The molecule has 1 aliphatic heterocycles. The van der Waals surface area contributed by atoms with E-state index in [0.29, 0.717) is 0 Å². The molecular weight excluding hydrogens is 178 g/mol. The van der Waals surface area contributed by atoms with Crippen molar-refractivity contribution in [2.24, 2.45) is 0 Å². The number of urea groups is 1. The summed E-state index contributed by atoms with van der Waals surface area (Å²) in [5.74, 6) is 0. The van der Waals surface area contributed by atoms with Gasteiger partial charge in [-0.25, -0.2) is 4.79 Å². The third-order valence-corrected chi connectivity index (χ3v) is 2.51. The normalized spacial score (nSPS) is 17.0. The summed E-state index contributed by atoms with van der Waals surface area (Å²) in [6.45, 7) is 1.86. The number of hydrogen-bond acceptors (Lipinski definition) is 2. The largest absolute Gasteiger partial charge is 0.325 e. The fraction of sp³-hybridized carbons (Fsp3) is 0.800. The molecule has 0 spiro atoms. The van der Waals surface area contributed by atoms with E-state index in [2.05, 4.69) is 0 Å². The minimum Gasteiger partial charge on any atom is -0.325 e. The maximum absolute atomic E-state index is 11.7. The van der Waals surface area contributed by atoms with Crippen molar-refractivity contribution in [3.63, 3.8) is 0 Å². The molecule has 0 bridgehead atoms. The van der Waals surface area contributed by atoms with E-state index >= 15 is 0 Å². The third-order valence-electron chi connectivity index (χ3n) is 2.51. The van der Waals surface area contributed by atoms with Gasteiger partial charge in [-0.15, -0.1) is 0 Å². The molecule has 1 rings (SSSR count). The maximum atomic E-state index is 11.7. The van der Waals surface area contributed by atoms with Crippen molar-refractivity contribution in [1.29, 1.82) is 5.26 Å². The topological polar surface area (TPSA) is 47.3 Å². The van der Waals surface area contributed by atoms with Crippen LogP contribution >= 0.6 is 0 Å². The highest BCUT2D eigenvalue weighted by Gasteiger charge is 2.18. The van der Waals surface area contributed by atoms with Gasteiger partial charge in [0.25, 0.3) is 0 Å². The Morgan fingerprint density at radius 1 is 1.36 bits per heavy atom. The second kappa shape index (κ2) is 5.48. The number of likely N-dealkylation sites (tertiary alicyclic amines) is 1. The van der Waals surface area contributed by atoms with Gasteiger partial charge in [-0.05, 0) is 12.8 Å². The summed E-state index contributed by atoms with van der Waals surface area (Å²) >= 11 is 0. The average Bonchev–Trinajstić information content (AvgIpc) is 2.45. The molecule has 1 aliphatic rings. The Labute approximate surface area is 85.1 Å². The first-order valence-electron chi connectivity index (χ1n) is 5.12. The lowest BCUT2D eigenvalue weighted by Gasteiger charge is -2.25. The van der Waals surface area contributed by atoms with E-state index in [1.54, 1.807) is 7.05 Å². The van der Waals surface area contributed by atoms with Crippen LogP contribution in [-0.2, 0) is 0 Å². The van der Waals surface area contributed by atoms with Gasteiger partial charge in [0.1, 0.15) is 6.54 Å². The van der Waals surface area contributed by atoms with E-state index < -0.39 is 0 Å². The highest BCUT2D eigenvalue weighted by Crippen LogP contribution is 2.10. The van der Waals surface area contributed by atoms with Gasteiger partial charge in [-0.2, -0.15) is 5.26 Å². The van der Waals surface area contributed by atoms with Gasteiger partial charge in [-0.1, -0.05) is 12.8 Å². The first-order valence-corrected chi connectivity index (χ1v) is 5.12. The van der Waals surface area contributed by atoms with Crippen LogP contribution in [0.1, 0.15) is 25.7 Å². The van der Waals surface area contributed by atoms with Crippen molar-refractivity contribution in [3.05, 3.63) is 0 Å². The van der Waals surface area contributed by atoms with E-state index in [0.717, 1.165) is 25.9 Å². The molecule has 4 nitrogen and oxygen atoms in total. The van der Waals surface area contributed by atoms with Crippen molar-refractivity contribution in [2.45, 2.75) is 25.7 Å². The Kier molecular flexibility index (Phi) is 4.24. The zero-order chi connectivity index (χ0) is 10.4. The summed E-state index contributed by atoms with van der Waals surface area (Å²) in [7, 11) is 1.68. The second-order valence-electron chi connectivity index (χ2n) is 3.70. The Hall–Kier alpha value is -1.24. The van der Waals surface area contributed by atoms with Crippen LogP contribution in [0, 0.1) is 11.3 Å². The summed E-state index contributed by atoms with van der Waals surface area (Å²) in [5.41, 5.74) is 0. The molecule has 14 heavy (non-hydrogen) atoms. The van der Waals surface area contributed by atoms with Crippen molar-refractivity contribution in [2.75, 3.05) is 26.7 Å². The molecule has 0 radical (unpaired) electrons. The minimum absolute atomic E-state index is 0.00606. The molecular formula is C10H17N3O. The van der Waals surface area contributed by atoms with Gasteiger partial charge >= 0.3 is 6.03 Å². The second-order valence-corrected chi connectivity index (χ2v) is 3.70. The molecule has 0 aliphatic carbocycles. The Morgan fingerprint density at radius 3 is 2.43 bits per heavy atom. The molecule has 1 fully saturated rings. The van der Waals surface area contributed by atoms with Crippen LogP contribution < -0.4 is 0 Å². The predicted molar refractivity (Wildman–Crippen MR) is 53.7 cm³/mol. The zero-order valence-electron chi connectivity index (χ0n) is 8.70. The fourth-order valence-corrected chi connectivity index (χ4v) is 1.68. The molecule has 0 N–H and O–H groups in total. The summed E-state index contributed by atoms with van der Waals surface area (Å²) in [4.78, 5) is 15.1. The Balaban J connectivity index is 2.45. The quantitative estimate of drug-likeness (QED) is 0.594. The molecule has 2 amide bonds. The van der Waals surface area contributed by atoms with Crippen LogP contribution in [0.15, 0.2) is 0 Å². The summed E-state index contributed by atoms with van der Waals surface area (Å²) in [5, 5.41) is 8.48. The average molecular weight is 195 g/mol. The third kappa shape index (κ3) is 2.91. The lowest BCUT2D eigenvalue weighted by molar-refractivity contribution is 0.169. The molecule has 1 heterocycles. The summed E-state index contributed by atoms with van der Waals surface area (Å²) in [6.07, 6.45) is 4.61. The summed E-state index contributed by atoms with van der Waals surface area (Å²) in [6, 6.07) is 1.98. The number of amides is 2. The van der Waals surface area contributed by atoms with Crippen LogP contribution in [-0.4, -0.2) is 42.5 Å². The first-order chi connectivity index (χ1) is 6.75. The minimum atomic E-state index is -0.00606. The van der Waals surface area contributed by atoms with Gasteiger partial charge in [0.2, 0.25) is 0 Å². The molecule has 78 valence electrons. The lowest BCUT2D eigenvalue weighted by Crippen LogP contribution is -2.41. The number of carbonyl (C=O) groups is 1. The number of hydrogen-bond donors (Lipinski definition) is 0. The van der Waals surface area contributed by atoms with Crippen LogP contribution in [0.25, 0.3) is 0 Å². The smallest absolute Gasteiger partial charge is 0.320 e. The highest BCUT2D eigenvalue weighted by molar-refractivity contribution is 5.74. The van der Waals surface area contributed by atoms with E-state index in [-0.39, 0.29) is 12.6 Å². The van der Waals surface area contributed by atoms with Crippen molar-refractivity contribution in [1.82, 2.24) is 9.80 Å². The Morgan fingerprint density at radius 2 is 1.93 bits per heavy atom. The fourth-order valence-electron chi connectivity index (χ4n) is 1.68. The number of rotatable bonds is 1. The number of carbonyl (C=O) groups excluding carboxylic acids is 1. The van der Waals surface area contributed by atoms with Crippen LogP contribution in [0.4, 0.5) is 4.79 Å². The van der Waals surface area contributed by atoms with Crippen molar-refractivity contribution in [3.8, 4) is 6.07 Å². The van der Waals surface area contributed by atoms with Gasteiger partial charge < -0.3 is 9.80 Å². The van der Waals surface area contributed by atoms with Gasteiger partial charge in [0.15, 0.2) is 0 Å². The highest BCUT2D eigenvalue weighted by atomic mass is 16.2. The van der Waals surface area contributed by atoms with E-state index in [9.17, 15) is 4.79 Å². The van der Waals surface area contributed by atoms with E-state index in [1.165, 1.54) is 17.7 Å². The number of nitriles is 1. The molecule has 1 saturated heterocycles. The first kappa shape index (κ1) is 10.8. The van der Waals surface area contributed by atoms with Crippen LogP contribution in [0.5, 0.6) is 0 Å². The van der Waals surface area contributed by atoms with Gasteiger partial charge in [0.05, 0.1) is 6.07 Å². The molecule has 0 aromatic carbocycles. The summed E-state index contributed by atoms with van der Waals surface area (Å²) < 4.78 is 0. The molecule has 4 heteroatoms. The zero-order valence-corrected chi connectivity index (χ0v) is 8.70. The SMILES string of the molecule is CN(CC#N)C(=O)N1CCCCCC1. The van der Waals surface area contributed by atoms with Crippen LogP contribution in [0.3, 0.4) is 0 Å². The number of nitrogens with zero attached hydrogens (tertiary/aromatic N) is 3. The predicted octanol–water partition coefficient (Wildman–Crippen LogP) is 1.44. The lowest BCUT2D eigenvalue weighted by atomic mass is 10.2. The Bertz CT molecular complexity index is 226. The van der Waals surface area contributed by atoms with E-state index in [4.69, 9.17) is 5.26 Å². The molecule has 0 unspecified atom stereocenters. The maximum Gasteiger partial charge on any atom is 0.320 e. The van der Waals surface area contributed by atoms with Crippen molar-refractivity contribution >= 4 is 6.03 Å².